The van der Waals surface area contributed by atoms with Crippen LogP contribution in [-0.4, -0.2) is 17.3 Å². The van der Waals surface area contributed by atoms with Gasteiger partial charge in [-0.3, -0.25) is 4.79 Å². The Hall–Kier alpha value is -2.63. The summed E-state index contributed by atoms with van der Waals surface area (Å²) in [6.45, 7) is 6.84. The Balaban J connectivity index is 1.68. The zero-order valence-corrected chi connectivity index (χ0v) is 17.2. The van der Waals surface area contributed by atoms with E-state index >= 15 is 0 Å². The number of anilines is 1. The van der Waals surface area contributed by atoms with Crippen LogP contribution in [-0.2, 0) is 27.5 Å². The van der Waals surface area contributed by atoms with Gasteiger partial charge in [-0.25, -0.2) is 0 Å². The molecule has 0 spiro atoms. The second kappa shape index (κ2) is 9.25. The first-order chi connectivity index (χ1) is 13.8. The first kappa shape index (κ1) is 21.1. The minimum absolute atomic E-state index is 0.0187. The van der Waals surface area contributed by atoms with Gasteiger partial charge in [-0.05, 0) is 40.7 Å². The maximum atomic E-state index is 12.7. The number of aliphatic hydroxyl groups excluding tert-OH is 1. The molecular weight excluding hydrogens is 366 g/mol. The number of allylic oxidation sites excluding steroid dienone is 1. The molecule has 0 aromatic heterocycles. The molecule has 0 radical (unpaired) electrons. The molecule has 2 aromatic carbocycles. The molecule has 2 N–H and O–H groups in total. The van der Waals surface area contributed by atoms with E-state index in [1.54, 1.807) is 0 Å². The number of hydrogen-bond acceptors (Lipinski definition) is 4. The molecule has 0 fully saturated rings. The van der Waals surface area contributed by atoms with Crippen molar-refractivity contribution < 1.29 is 19.4 Å². The highest BCUT2D eigenvalue weighted by atomic mass is 16.7. The summed E-state index contributed by atoms with van der Waals surface area (Å²) in [5, 5.41) is 12.0. The second-order valence-electron chi connectivity index (χ2n) is 8.39. The molecule has 0 saturated carbocycles. The molecule has 29 heavy (non-hydrogen) atoms. The molecule has 0 aliphatic carbocycles. The summed E-state index contributed by atoms with van der Waals surface area (Å²) in [5.41, 5.74) is 2.55. The van der Waals surface area contributed by atoms with E-state index in [0.29, 0.717) is 18.8 Å². The van der Waals surface area contributed by atoms with Gasteiger partial charge in [0.25, 0.3) is 5.91 Å². The van der Waals surface area contributed by atoms with E-state index in [4.69, 9.17) is 14.6 Å². The Morgan fingerprint density at radius 3 is 2.38 bits per heavy atom. The van der Waals surface area contributed by atoms with Crippen LogP contribution in [0.15, 0.2) is 66.4 Å². The van der Waals surface area contributed by atoms with E-state index in [-0.39, 0.29) is 23.8 Å². The lowest BCUT2D eigenvalue weighted by molar-refractivity contribution is -0.155. The van der Waals surface area contributed by atoms with Crippen molar-refractivity contribution in [1.82, 2.24) is 0 Å². The summed E-state index contributed by atoms with van der Waals surface area (Å²) in [6.07, 6.45) is 2.09. The summed E-state index contributed by atoms with van der Waals surface area (Å²) in [6, 6.07) is 16.9. The highest BCUT2D eigenvalue weighted by Crippen LogP contribution is 2.36. The van der Waals surface area contributed by atoms with Gasteiger partial charge < -0.3 is 19.9 Å². The molecular formula is C24H29NO4. The van der Waals surface area contributed by atoms with E-state index in [1.807, 2.05) is 60.7 Å². The Morgan fingerprint density at radius 2 is 1.76 bits per heavy atom. The molecule has 0 saturated heterocycles. The van der Waals surface area contributed by atoms with E-state index in [2.05, 4.69) is 26.1 Å². The van der Waals surface area contributed by atoms with Crippen LogP contribution in [0.4, 0.5) is 5.69 Å². The minimum atomic E-state index is -0.502. The lowest BCUT2D eigenvalue weighted by Gasteiger charge is -2.35. The van der Waals surface area contributed by atoms with Gasteiger partial charge >= 0.3 is 0 Å². The SMILES string of the molecule is CC(C)(C)[C@@H]1C=C(C(=O)Nc2ccccc2)O[C@H](OCc2ccc(CO)cc2)C1. The van der Waals surface area contributed by atoms with Gasteiger partial charge in [0.15, 0.2) is 5.76 Å². The van der Waals surface area contributed by atoms with E-state index in [1.165, 1.54) is 0 Å². The number of ether oxygens (including phenoxy) is 2. The Labute approximate surface area is 172 Å². The van der Waals surface area contributed by atoms with Crippen LogP contribution in [0.1, 0.15) is 38.3 Å². The Kier molecular flexibility index (Phi) is 6.72. The number of nitrogens with one attached hydrogen (secondary N) is 1. The van der Waals surface area contributed by atoms with E-state index in [9.17, 15) is 4.79 Å². The fourth-order valence-electron chi connectivity index (χ4n) is 3.17. The molecule has 5 nitrogen and oxygen atoms in total. The van der Waals surface area contributed by atoms with Gasteiger partial charge in [0.1, 0.15) is 0 Å². The third-order valence-electron chi connectivity index (χ3n) is 5.07. The zero-order chi connectivity index (χ0) is 20.9. The van der Waals surface area contributed by atoms with Crippen LogP contribution >= 0.6 is 0 Å². The Bertz CT molecular complexity index is 837. The van der Waals surface area contributed by atoms with Gasteiger partial charge in [-0.2, -0.15) is 0 Å². The van der Waals surface area contributed by atoms with E-state index in [0.717, 1.165) is 16.8 Å². The highest BCUT2D eigenvalue weighted by molar-refractivity contribution is 6.02. The number of amides is 1. The lowest BCUT2D eigenvalue weighted by atomic mass is 9.77. The molecule has 1 aliphatic heterocycles. The molecule has 1 aliphatic rings. The van der Waals surface area contributed by atoms with Crippen LogP contribution in [0.5, 0.6) is 0 Å². The van der Waals surface area contributed by atoms with Crippen molar-refractivity contribution in [2.75, 3.05) is 5.32 Å². The Morgan fingerprint density at radius 1 is 1.10 bits per heavy atom. The largest absolute Gasteiger partial charge is 0.459 e. The van der Waals surface area contributed by atoms with Crippen molar-refractivity contribution in [1.29, 1.82) is 0 Å². The monoisotopic (exact) mass is 395 g/mol. The number of carbonyl (C=O) groups is 1. The molecule has 2 aromatic rings. The third-order valence-corrected chi connectivity index (χ3v) is 5.07. The maximum absolute atomic E-state index is 12.7. The van der Waals surface area contributed by atoms with E-state index < -0.39 is 6.29 Å². The molecule has 5 heteroatoms. The van der Waals surface area contributed by atoms with Gasteiger partial charge in [-0.1, -0.05) is 63.2 Å². The first-order valence-corrected chi connectivity index (χ1v) is 9.90. The van der Waals surface area contributed by atoms with Crippen molar-refractivity contribution in [3.63, 3.8) is 0 Å². The van der Waals surface area contributed by atoms with Crippen LogP contribution in [0, 0.1) is 11.3 Å². The summed E-state index contributed by atoms with van der Waals surface area (Å²) < 4.78 is 11.9. The fourth-order valence-corrected chi connectivity index (χ4v) is 3.17. The fraction of sp³-hybridized carbons (Fsp3) is 0.375. The summed E-state index contributed by atoms with van der Waals surface area (Å²) in [4.78, 5) is 12.7. The van der Waals surface area contributed by atoms with Crippen molar-refractivity contribution >= 4 is 11.6 Å². The summed E-state index contributed by atoms with van der Waals surface area (Å²) in [5.74, 6) is 0.168. The topological polar surface area (TPSA) is 67.8 Å². The van der Waals surface area contributed by atoms with Crippen molar-refractivity contribution in [2.45, 2.75) is 46.7 Å². The molecule has 0 bridgehead atoms. The number of hydrogen-bond donors (Lipinski definition) is 2. The predicted molar refractivity (Wildman–Crippen MR) is 113 cm³/mol. The molecule has 154 valence electrons. The van der Waals surface area contributed by atoms with Crippen LogP contribution in [0.3, 0.4) is 0 Å². The third kappa shape index (κ3) is 5.92. The average molecular weight is 395 g/mol. The maximum Gasteiger partial charge on any atom is 0.290 e. The molecule has 1 heterocycles. The lowest BCUT2D eigenvalue weighted by Crippen LogP contribution is -2.34. The smallest absolute Gasteiger partial charge is 0.290 e. The molecule has 1 amide bonds. The molecule has 0 unspecified atom stereocenters. The first-order valence-electron chi connectivity index (χ1n) is 9.90. The minimum Gasteiger partial charge on any atom is -0.459 e. The average Bonchev–Trinajstić information content (AvgIpc) is 2.72. The molecule has 3 rings (SSSR count). The van der Waals surface area contributed by atoms with Gasteiger partial charge in [0.05, 0.1) is 13.2 Å². The number of carbonyl (C=O) groups excluding carboxylic acids is 1. The van der Waals surface area contributed by atoms with Crippen LogP contribution < -0.4 is 5.32 Å². The normalized spacial score (nSPS) is 19.2. The van der Waals surface area contributed by atoms with Crippen molar-refractivity contribution in [3.05, 3.63) is 77.6 Å². The number of benzene rings is 2. The van der Waals surface area contributed by atoms with Gasteiger partial charge in [0, 0.05) is 12.1 Å². The summed E-state index contributed by atoms with van der Waals surface area (Å²) in [7, 11) is 0. The van der Waals surface area contributed by atoms with Crippen LogP contribution in [0.25, 0.3) is 0 Å². The number of rotatable bonds is 6. The number of para-hydroxylation sites is 1. The predicted octanol–water partition coefficient (Wildman–Crippen LogP) is 4.63. The standard InChI is InChI=1S/C24H29NO4/c1-24(2,3)19-13-21(23(27)25-20-7-5-4-6-8-20)29-22(14-19)28-16-18-11-9-17(15-26)10-12-18/h4-13,19,22,26H,14-16H2,1-3H3,(H,25,27)/t19-,22+/m1/s1. The molecule has 2 atom stereocenters. The number of aliphatic hydroxyl groups is 1. The zero-order valence-electron chi connectivity index (χ0n) is 17.2. The van der Waals surface area contributed by atoms with Gasteiger partial charge in [0.2, 0.25) is 6.29 Å². The highest BCUT2D eigenvalue weighted by Gasteiger charge is 2.34. The second-order valence-corrected chi connectivity index (χ2v) is 8.39. The summed E-state index contributed by atoms with van der Waals surface area (Å²) >= 11 is 0. The van der Waals surface area contributed by atoms with Crippen molar-refractivity contribution in [3.8, 4) is 0 Å². The van der Waals surface area contributed by atoms with Gasteiger partial charge in [-0.15, -0.1) is 0 Å². The quantitative estimate of drug-likeness (QED) is 0.748. The van der Waals surface area contributed by atoms with Crippen molar-refractivity contribution in [2.24, 2.45) is 11.3 Å². The van der Waals surface area contributed by atoms with Crippen LogP contribution in [0.2, 0.25) is 0 Å².